The van der Waals surface area contributed by atoms with Crippen molar-refractivity contribution in [2.24, 2.45) is 0 Å². The minimum atomic E-state index is 0.359. The van der Waals surface area contributed by atoms with Crippen LogP contribution in [0, 0.1) is 0 Å². The van der Waals surface area contributed by atoms with Gasteiger partial charge in [-0.3, -0.25) is 0 Å². The van der Waals surface area contributed by atoms with Crippen LogP contribution in [0.25, 0.3) is 0 Å². The Morgan fingerprint density at radius 2 is 2.15 bits per heavy atom. The molecule has 1 N–H and O–H groups in total. The maximum absolute atomic E-state index is 4.34. The van der Waals surface area contributed by atoms with E-state index in [0.29, 0.717) is 6.04 Å². The summed E-state index contributed by atoms with van der Waals surface area (Å²) >= 11 is 5.36. The van der Waals surface area contributed by atoms with Crippen molar-refractivity contribution in [2.45, 2.75) is 36.2 Å². The highest BCUT2D eigenvalue weighted by molar-refractivity contribution is 9.10. The average Bonchev–Trinajstić information content (AvgIpc) is 2.46. The Bertz CT molecular complexity index is 545. The molecule has 1 atom stereocenters. The van der Waals surface area contributed by atoms with Crippen LogP contribution in [0.4, 0.5) is 0 Å². The number of hydrogen-bond acceptors (Lipinski definition) is 3. The van der Waals surface area contributed by atoms with E-state index in [1.54, 1.807) is 11.8 Å². The Kier molecular flexibility index (Phi) is 6.07. The van der Waals surface area contributed by atoms with E-state index in [1.165, 1.54) is 10.5 Å². The molecular weight excluding hydrogens is 332 g/mol. The van der Waals surface area contributed by atoms with Crippen molar-refractivity contribution < 1.29 is 0 Å². The smallest absolute Gasteiger partial charge is 0.101 e. The Morgan fingerprint density at radius 3 is 2.80 bits per heavy atom. The quantitative estimate of drug-likeness (QED) is 0.788. The van der Waals surface area contributed by atoms with Gasteiger partial charge in [-0.25, -0.2) is 4.98 Å². The molecule has 0 fully saturated rings. The van der Waals surface area contributed by atoms with Crippen LogP contribution in [0.5, 0.6) is 0 Å². The van der Waals surface area contributed by atoms with Crippen LogP contribution in [0.2, 0.25) is 0 Å². The van der Waals surface area contributed by atoms with Gasteiger partial charge in [0.05, 0.1) is 0 Å². The molecule has 1 aromatic heterocycles. The third-order valence-electron chi connectivity index (χ3n) is 3.00. The van der Waals surface area contributed by atoms with Crippen molar-refractivity contribution in [2.75, 3.05) is 6.54 Å². The monoisotopic (exact) mass is 350 g/mol. The summed E-state index contributed by atoms with van der Waals surface area (Å²) in [5, 5.41) is 4.53. The molecule has 0 saturated heterocycles. The minimum absolute atomic E-state index is 0.359. The summed E-state index contributed by atoms with van der Waals surface area (Å²) < 4.78 is 1.15. The fourth-order valence-corrected chi connectivity index (χ4v) is 3.61. The first-order valence-electron chi connectivity index (χ1n) is 6.82. The molecule has 1 unspecified atom stereocenters. The number of pyridine rings is 1. The number of hydrogen-bond donors (Lipinski definition) is 1. The molecule has 0 radical (unpaired) electrons. The van der Waals surface area contributed by atoms with Gasteiger partial charge in [-0.1, -0.05) is 46.7 Å². The van der Waals surface area contributed by atoms with Crippen LogP contribution in [-0.2, 0) is 0 Å². The molecular formula is C16H19BrN2S. The van der Waals surface area contributed by atoms with Crippen LogP contribution in [0.15, 0.2) is 57.0 Å². The summed E-state index contributed by atoms with van der Waals surface area (Å²) in [7, 11) is 0. The summed E-state index contributed by atoms with van der Waals surface area (Å²) in [6, 6.07) is 12.8. The zero-order valence-electron chi connectivity index (χ0n) is 11.8. The largest absolute Gasteiger partial charge is 0.310 e. The molecule has 106 valence electrons. The van der Waals surface area contributed by atoms with E-state index in [4.69, 9.17) is 0 Å². The van der Waals surface area contributed by atoms with Crippen molar-refractivity contribution in [3.63, 3.8) is 0 Å². The van der Waals surface area contributed by atoms with E-state index in [1.807, 2.05) is 24.4 Å². The van der Waals surface area contributed by atoms with E-state index < -0.39 is 0 Å². The molecule has 1 aromatic carbocycles. The second-order valence-corrected chi connectivity index (χ2v) is 6.58. The highest BCUT2D eigenvalue weighted by Gasteiger charge is 2.09. The zero-order valence-corrected chi connectivity index (χ0v) is 14.2. The lowest BCUT2D eigenvalue weighted by atomic mass is 10.1. The van der Waals surface area contributed by atoms with Crippen molar-refractivity contribution >= 4 is 27.7 Å². The van der Waals surface area contributed by atoms with Gasteiger partial charge >= 0.3 is 0 Å². The van der Waals surface area contributed by atoms with E-state index in [-0.39, 0.29) is 0 Å². The van der Waals surface area contributed by atoms with Crippen LogP contribution in [-0.4, -0.2) is 11.5 Å². The molecule has 0 aliphatic carbocycles. The van der Waals surface area contributed by atoms with Gasteiger partial charge in [0.1, 0.15) is 5.03 Å². The van der Waals surface area contributed by atoms with Gasteiger partial charge in [-0.05, 0) is 49.7 Å². The van der Waals surface area contributed by atoms with Gasteiger partial charge in [0, 0.05) is 21.6 Å². The lowest BCUT2D eigenvalue weighted by Crippen LogP contribution is -2.19. The highest BCUT2D eigenvalue weighted by Crippen LogP contribution is 2.31. The Labute approximate surface area is 133 Å². The summed E-state index contributed by atoms with van der Waals surface area (Å²) in [5.74, 6) is 0. The molecule has 2 aromatic rings. The standard InChI is InChI=1S/C16H19BrN2S/c1-3-9-18-12(2)14-8-7-13(11-15(14)17)20-16-6-4-5-10-19-16/h4-8,10-12,18H,3,9H2,1-2H3. The van der Waals surface area contributed by atoms with E-state index >= 15 is 0 Å². The van der Waals surface area contributed by atoms with Gasteiger partial charge in [0.2, 0.25) is 0 Å². The molecule has 2 rings (SSSR count). The van der Waals surface area contributed by atoms with Gasteiger partial charge < -0.3 is 5.32 Å². The maximum Gasteiger partial charge on any atom is 0.101 e. The number of benzene rings is 1. The van der Waals surface area contributed by atoms with Crippen molar-refractivity contribution in [3.05, 3.63) is 52.6 Å². The summed E-state index contributed by atoms with van der Waals surface area (Å²) in [6.45, 7) is 5.42. The zero-order chi connectivity index (χ0) is 14.4. The maximum atomic E-state index is 4.34. The van der Waals surface area contributed by atoms with Crippen molar-refractivity contribution in [1.82, 2.24) is 10.3 Å². The molecule has 2 nitrogen and oxygen atoms in total. The molecule has 0 spiro atoms. The van der Waals surface area contributed by atoms with Crippen LogP contribution in [0.3, 0.4) is 0 Å². The fraction of sp³-hybridized carbons (Fsp3) is 0.312. The fourth-order valence-electron chi connectivity index (χ4n) is 1.92. The molecule has 0 amide bonds. The van der Waals surface area contributed by atoms with Gasteiger partial charge in [-0.2, -0.15) is 0 Å². The number of halogens is 1. The third kappa shape index (κ3) is 4.33. The third-order valence-corrected chi connectivity index (χ3v) is 4.63. The van der Waals surface area contributed by atoms with Crippen LogP contribution < -0.4 is 5.32 Å². The number of nitrogens with zero attached hydrogens (tertiary/aromatic N) is 1. The van der Waals surface area contributed by atoms with Crippen LogP contribution >= 0.6 is 27.7 Å². The van der Waals surface area contributed by atoms with Crippen LogP contribution in [0.1, 0.15) is 31.9 Å². The van der Waals surface area contributed by atoms with Crippen molar-refractivity contribution in [1.29, 1.82) is 0 Å². The average molecular weight is 351 g/mol. The first-order valence-corrected chi connectivity index (χ1v) is 8.43. The van der Waals surface area contributed by atoms with Crippen molar-refractivity contribution in [3.8, 4) is 0 Å². The molecule has 0 aliphatic heterocycles. The lowest BCUT2D eigenvalue weighted by molar-refractivity contribution is 0.568. The molecule has 0 bridgehead atoms. The summed E-state index contributed by atoms with van der Waals surface area (Å²) in [4.78, 5) is 5.53. The number of nitrogens with one attached hydrogen (secondary N) is 1. The normalized spacial score (nSPS) is 12.3. The van der Waals surface area contributed by atoms with Gasteiger partial charge in [0.25, 0.3) is 0 Å². The Morgan fingerprint density at radius 1 is 1.30 bits per heavy atom. The van der Waals surface area contributed by atoms with E-state index in [2.05, 4.69) is 58.3 Å². The molecule has 0 aliphatic rings. The van der Waals surface area contributed by atoms with Gasteiger partial charge in [0.15, 0.2) is 0 Å². The predicted molar refractivity (Wildman–Crippen MR) is 89.2 cm³/mol. The SMILES string of the molecule is CCCNC(C)c1ccc(Sc2ccccn2)cc1Br. The Hall–Kier alpha value is -0.840. The lowest BCUT2D eigenvalue weighted by Gasteiger charge is -2.16. The summed E-state index contributed by atoms with van der Waals surface area (Å²) in [6.07, 6.45) is 2.97. The first-order chi connectivity index (χ1) is 9.70. The Balaban J connectivity index is 2.09. The molecule has 4 heteroatoms. The highest BCUT2D eigenvalue weighted by atomic mass is 79.9. The minimum Gasteiger partial charge on any atom is -0.310 e. The molecule has 0 saturated carbocycles. The predicted octanol–water partition coefficient (Wildman–Crippen LogP) is 5.06. The summed E-state index contributed by atoms with van der Waals surface area (Å²) in [5.41, 5.74) is 1.30. The topological polar surface area (TPSA) is 24.9 Å². The second kappa shape index (κ2) is 7.81. The number of aromatic nitrogens is 1. The number of rotatable bonds is 6. The van der Waals surface area contributed by atoms with E-state index in [9.17, 15) is 0 Å². The second-order valence-electron chi connectivity index (χ2n) is 4.63. The first kappa shape index (κ1) is 15.5. The van der Waals surface area contributed by atoms with E-state index in [0.717, 1.165) is 22.5 Å². The molecule has 20 heavy (non-hydrogen) atoms. The van der Waals surface area contributed by atoms with Gasteiger partial charge in [-0.15, -0.1) is 0 Å². The molecule has 1 heterocycles.